The van der Waals surface area contributed by atoms with Gasteiger partial charge in [0.15, 0.2) is 0 Å². The molecule has 0 aliphatic rings. The van der Waals surface area contributed by atoms with Crippen molar-refractivity contribution < 1.29 is 0 Å². The normalized spacial score (nSPS) is 10.9. The average Bonchev–Trinajstić information content (AvgIpc) is 2.33. The van der Waals surface area contributed by atoms with Crippen molar-refractivity contribution >= 4 is 33.0 Å². The first-order chi connectivity index (χ1) is 5.68. The summed E-state index contributed by atoms with van der Waals surface area (Å²) >= 11 is 7.75. The molecule has 1 aromatic heterocycles. The van der Waals surface area contributed by atoms with Gasteiger partial charge in [-0.1, -0.05) is 11.6 Å². The quantitative estimate of drug-likeness (QED) is 0.593. The molecule has 0 aliphatic carbocycles. The Morgan fingerprint density at radius 3 is 2.67 bits per heavy atom. The Morgan fingerprint density at radius 2 is 1.92 bits per heavy atom. The van der Waals surface area contributed by atoms with Gasteiger partial charge in [-0.15, -0.1) is 11.3 Å². The number of hydrogen-bond donors (Lipinski definition) is 0. The van der Waals surface area contributed by atoms with Crippen LogP contribution < -0.4 is 0 Å². The highest BCUT2D eigenvalue weighted by atomic mass is 35.5. The van der Waals surface area contributed by atoms with E-state index in [-0.39, 0.29) is 0 Å². The van der Waals surface area contributed by atoms with Crippen molar-refractivity contribution in [3.8, 4) is 0 Å². The van der Waals surface area contributed by atoms with Gasteiger partial charge in [-0.05, 0) is 47.9 Å². The van der Waals surface area contributed by atoms with Crippen LogP contribution in [0.25, 0.3) is 10.1 Å². The average molecular weight is 197 g/mol. The molecule has 1 heterocycles. The van der Waals surface area contributed by atoms with E-state index in [2.05, 4.69) is 19.2 Å². The molecular weight excluding hydrogens is 188 g/mol. The van der Waals surface area contributed by atoms with Crippen LogP contribution in [0, 0.1) is 13.8 Å². The van der Waals surface area contributed by atoms with E-state index in [9.17, 15) is 0 Å². The van der Waals surface area contributed by atoms with Gasteiger partial charge in [0.1, 0.15) is 0 Å². The third-order valence-corrected chi connectivity index (χ3v) is 3.49. The Balaban J connectivity index is 2.92. The Labute approximate surface area is 80.8 Å². The number of aryl methyl sites for hydroxylation is 2. The fourth-order valence-electron chi connectivity index (χ4n) is 1.39. The fourth-order valence-corrected chi connectivity index (χ4v) is 2.68. The van der Waals surface area contributed by atoms with Gasteiger partial charge in [0.2, 0.25) is 0 Å². The zero-order valence-corrected chi connectivity index (χ0v) is 8.59. The van der Waals surface area contributed by atoms with Crippen LogP contribution in [-0.2, 0) is 0 Å². The molecule has 0 N–H and O–H groups in total. The zero-order valence-electron chi connectivity index (χ0n) is 7.02. The number of rotatable bonds is 0. The van der Waals surface area contributed by atoms with Crippen molar-refractivity contribution in [3.63, 3.8) is 0 Å². The summed E-state index contributed by atoms with van der Waals surface area (Å²) in [5, 5.41) is 4.31. The molecule has 62 valence electrons. The van der Waals surface area contributed by atoms with Crippen LogP contribution in [0.3, 0.4) is 0 Å². The number of benzene rings is 1. The molecule has 0 amide bonds. The third-order valence-electron chi connectivity index (χ3n) is 2.02. The molecule has 0 fully saturated rings. The van der Waals surface area contributed by atoms with Gasteiger partial charge in [0.25, 0.3) is 0 Å². The summed E-state index contributed by atoms with van der Waals surface area (Å²) in [6.45, 7) is 4.22. The second kappa shape index (κ2) is 2.75. The highest BCUT2D eigenvalue weighted by Gasteiger charge is 2.03. The Hall–Kier alpha value is -0.530. The van der Waals surface area contributed by atoms with Crippen LogP contribution in [0.15, 0.2) is 17.5 Å². The molecule has 0 unspecified atom stereocenters. The molecular formula is C10H9ClS. The molecule has 1 aromatic carbocycles. The van der Waals surface area contributed by atoms with E-state index in [4.69, 9.17) is 11.6 Å². The van der Waals surface area contributed by atoms with Gasteiger partial charge < -0.3 is 0 Å². The summed E-state index contributed by atoms with van der Waals surface area (Å²) in [5.74, 6) is 0. The minimum atomic E-state index is 0.835. The van der Waals surface area contributed by atoms with Crippen molar-refractivity contribution in [1.82, 2.24) is 0 Å². The first-order valence-electron chi connectivity index (χ1n) is 3.82. The lowest BCUT2D eigenvalue weighted by Crippen LogP contribution is -1.74. The minimum absolute atomic E-state index is 0.835. The van der Waals surface area contributed by atoms with Crippen LogP contribution in [0.2, 0.25) is 5.02 Å². The van der Waals surface area contributed by atoms with Gasteiger partial charge in [-0.3, -0.25) is 0 Å². The molecule has 0 bridgehead atoms. The van der Waals surface area contributed by atoms with E-state index in [1.54, 1.807) is 11.3 Å². The molecule has 12 heavy (non-hydrogen) atoms. The van der Waals surface area contributed by atoms with E-state index in [0.717, 1.165) is 5.02 Å². The first kappa shape index (κ1) is 8.09. The van der Waals surface area contributed by atoms with Crippen molar-refractivity contribution in [2.24, 2.45) is 0 Å². The summed E-state index contributed by atoms with van der Waals surface area (Å²) in [7, 11) is 0. The van der Waals surface area contributed by atoms with E-state index in [0.29, 0.717) is 0 Å². The van der Waals surface area contributed by atoms with Gasteiger partial charge >= 0.3 is 0 Å². The Bertz CT molecular complexity index is 429. The summed E-state index contributed by atoms with van der Waals surface area (Å²) in [6, 6.07) is 4.05. The lowest BCUT2D eigenvalue weighted by atomic mass is 10.1. The maximum Gasteiger partial charge on any atom is 0.0415 e. The predicted molar refractivity (Wildman–Crippen MR) is 56.3 cm³/mol. The molecule has 0 radical (unpaired) electrons. The van der Waals surface area contributed by atoms with E-state index < -0.39 is 0 Å². The number of halogens is 1. The monoisotopic (exact) mass is 196 g/mol. The first-order valence-corrected chi connectivity index (χ1v) is 5.08. The molecule has 2 rings (SSSR count). The maximum atomic E-state index is 5.96. The largest absolute Gasteiger partial charge is 0.143 e. The van der Waals surface area contributed by atoms with Crippen LogP contribution in [0.1, 0.15) is 11.1 Å². The second-order valence-corrected chi connectivity index (χ2v) is 4.33. The summed E-state index contributed by atoms with van der Waals surface area (Å²) in [4.78, 5) is 0. The molecule has 0 aliphatic heterocycles. The van der Waals surface area contributed by atoms with Crippen LogP contribution in [-0.4, -0.2) is 0 Å². The molecule has 2 aromatic rings. The van der Waals surface area contributed by atoms with E-state index in [1.807, 2.05) is 12.1 Å². The fraction of sp³-hybridized carbons (Fsp3) is 0.200. The van der Waals surface area contributed by atoms with Crippen molar-refractivity contribution in [3.05, 3.63) is 33.7 Å². The zero-order chi connectivity index (χ0) is 8.72. The van der Waals surface area contributed by atoms with Gasteiger partial charge in [-0.2, -0.15) is 0 Å². The van der Waals surface area contributed by atoms with Crippen molar-refractivity contribution in [2.45, 2.75) is 13.8 Å². The van der Waals surface area contributed by atoms with Gasteiger partial charge in [0, 0.05) is 9.72 Å². The Kier molecular flexibility index (Phi) is 1.85. The van der Waals surface area contributed by atoms with E-state index >= 15 is 0 Å². The molecule has 0 atom stereocenters. The van der Waals surface area contributed by atoms with Crippen molar-refractivity contribution in [1.29, 1.82) is 0 Å². The Morgan fingerprint density at radius 1 is 1.17 bits per heavy atom. The van der Waals surface area contributed by atoms with Crippen LogP contribution in [0.4, 0.5) is 0 Å². The van der Waals surface area contributed by atoms with Gasteiger partial charge in [-0.25, -0.2) is 0 Å². The number of thiophene rings is 1. The highest BCUT2D eigenvalue weighted by molar-refractivity contribution is 7.17. The predicted octanol–water partition coefficient (Wildman–Crippen LogP) is 4.17. The van der Waals surface area contributed by atoms with Gasteiger partial charge in [0.05, 0.1) is 0 Å². The summed E-state index contributed by atoms with van der Waals surface area (Å²) in [6.07, 6.45) is 0. The molecule has 2 heteroatoms. The lowest BCUT2D eigenvalue weighted by molar-refractivity contribution is 1.54. The standard InChI is InChI=1S/C10H9ClS/c1-6-3-8(11)4-9-7(2)5-12-10(6)9/h3-5H,1-2H3. The van der Waals surface area contributed by atoms with Crippen LogP contribution in [0.5, 0.6) is 0 Å². The number of hydrogen-bond acceptors (Lipinski definition) is 1. The minimum Gasteiger partial charge on any atom is -0.143 e. The topological polar surface area (TPSA) is 0 Å². The lowest BCUT2D eigenvalue weighted by Gasteiger charge is -1.97. The molecule has 0 spiro atoms. The molecule has 0 saturated heterocycles. The maximum absolute atomic E-state index is 5.96. The SMILES string of the molecule is Cc1csc2c(C)cc(Cl)cc12. The van der Waals surface area contributed by atoms with Crippen molar-refractivity contribution in [2.75, 3.05) is 0 Å². The second-order valence-electron chi connectivity index (χ2n) is 3.02. The van der Waals surface area contributed by atoms with Crippen LogP contribution >= 0.6 is 22.9 Å². The smallest absolute Gasteiger partial charge is 0.0415 e. The summed E-state index contributed by atoms with van der Waals surface area (Å²) in [5.41, 5.74) is 2.59. The molecule has 0 saturated carbocycles. The number of fused-ring (bicyclic) bond motifs is 1. The van der Waals surface area contributed by atoms with E-state index in [1.165, 1.54) is 21.2 Å². The highest BCUT2D eigenvalue weighted by Crippen LogP contribution is 2.30. The molecule has 0 nitrogen and oxygen atoms in total. The third kappa shape index (κ3) is 1.13. The summed E-state index contributed by atoms with van der Waals surface area (Å²) < 4.78 is 1.36.